The Morgan fingerprint density at radius 1 is 1.17 bits per heavy atom. The summed E-state index contributed by atoms with van der Waals surface area (Å²) in [5, 5.41) is 9.14. The van der Waals surface area contributed by atoms with Crippen LogP contribution in [0.5, 0.6) is 0 Å². The number of aliphatic hydroxyl groups is 1. The molecule has 2 nitrogen and oxygen atoms in total. The maximum Gasteiger partial charge on any atom is 0.0771 e. The van der Waals surface area contributed by atoms with Crippen LogP contribution in [0.1, 0.15) is 46.0 Å². The van der Waals surface area contributed by atoms with Crippen molar-refractivity contribution in [2.75, 3.05) is 13.2 Å². The number of aliphatic hydroxyl groups excluding tert-OH is 1. The lowest BCUT2D eigenvalue weighted by atomic mass is 10.2. The summed E-state index contributed by atoms with van der Waals surface area (Å²) in [6.45, 7) is 5.46. The van der Waals surface area contributed by atoms with E-state index in [-0.39, 0.29) is 6.10 Å². The normalized spacial score (nSPS) is 13.2. The van der Waals surface area contributed by atoms with Gasteiger partial charge in [0.25, 0.3) is 0 Å². The SMILES string of the molecule is CCCCCCOCC(O)CC. The van der Waals surface area contributed by atoms with Gasteiger partial charge in [-0.1, -0.05) is 33.1 Å². The summed E-state index contributed by atoms with van der Waals surface area (Å²) < 4.78 is 5.28. The van der Waals surface area contributed by atoms with Crippen molar-refractivity contribution in [3.05, 3.63) is 0 Å². The van der Waals surface area contributed by atoms with Gasteiger partial charge in [-0.15, -0.1) is 0 Å². The van der Waals surface area contributed by atoms with Crippen LogP contribution in [0.3, 0.4) is 0 Å². The van der Waals surface area contributed by atoms with Gasteiger partial charge in [0.1, 0.15) is 0 Å². The Balaban J connectivity index is 2.90. The highest BCUT2D eigenvalue weighted by Gasteiger charge is 1.98. The van der Waals surface area contributed by atoms with Gasteiger partial charge in [0.05, 0.1) is 12.7 Å². The quantitative estimate of drug-likeness (QED) is 0.572. The summed E-state index contributed by atoms with van der Waals surface area (Å²) in [6, 6.07) is 0. The number of unbranched alkanes of at least 4 members (excludes halogenated alkanes) is 3. The topological polar surface area (TPSA) is 29.5 Å². The van der Waals surface area contributed by atoms with Crippen LogP contribution in [0, 0.1) is 0 Å². The molecule has 0 aliphatic heterocycles. The van der Waals surface area contributed by atoms with Crippen molar-refractivity contribution in [1.82, 2.24) is 0 Å². The van der Waals surface area contributed by atoms with E-state index in [4.69, 9.17) is 9.84 Å². The molecule has 0 fully saturated rings. The van der Waals surface area contributed by atoms with Crippen LogP contribution in [0.4, 0.5) is 0 Å². The van der Waals surface area contributed by atoms with E-state index in [0.717, 1.165) is 19.4 Å². The first kappa shape index (κ1) is 11.9. The van der Waals surface area contributed by atoms with Gasteiger partial charge in [-0.05, 0) is 12.8 Å². The predicted molar refractivity (Wildman–Crippen MR) is 51.3 cm³/mol. The van der Waals surface area contributed by atoms with E-state index < -0.39 is 0 Å². The fraction of sp³-hybridized carbons (Fsp3) is 1.00. The van der Waals surface area contributed by atoms with Crippen molar-refractivity contribution in [3.8, 4) is 0 Å². The first-order valence-corrected chi connectivity index (χ1v) is 5.07. The largest absolute Gasteiger partial charge is 0.391 e. The Kier molecular flexibility index (Phi) is 8.95. The third kappa shape index (κ3) is 8.02. The molecule has 0 aliphatic rings. The standard InChI is InChI=1S/C10H22O2/c1-3-5-6-7-8-12-9-10(11)4-2/h10-11H,3-9H2,1-2H3. The molecule has 0 rings (SSSR count). The monoisotopic (exact) mass is 174 g/mol. The molecule has 74 valence electrons. The maximum atomic E-state index is 9.14. The zero-order chi connectivity index (χ0) is 9.23. The summed E-state index contributed by atoms with van der Waals surface area (Å²) in [4.78, 5) is 0. The van der Waals surface area contributed by atoms with Crippen LogP contribution in [-0.2, 0) is 4.74 Å². The van der Waals surface area contributed by atoms with Gasteiger partial charge in [0, 0.05) is 6.61 Å². The summed E-state index contributed by atoms with van der Waals surface area (Å²) in [6.07, 6.45) is 5.45. The van der Waals surface area contributed by atoms with Gasteiger partial charge in [-0.25, -0.2) is 0 Å². The first-order valence-electron chi connectivity index (χ1n) is 5.07. The van der Waals surface area contributed by atoms with Gasteiger partial charge in [0.2, 0.25) is 0 Å². The fourth-order valence-electron chi connectivity index (χ4n) is 0.968. The molecule has 0 bridgehead atoms. The van der Waals surface area contributed by atoms with Gasteiger partial charge >= 0.3 is 0 Å². The first-order chi connectivity index (χ1) is 5.81. The molecule has 0 aliphatic carbocycles. The zero-order valence-electron chi connectivity index (χ0n) is 8.38. The fourth-order valence-corrected chi connectivity index (χ4v) is 0.968. The molecular weight excluding hydrogens is 152 g/mol. The summed E-state index contributed by atoms with van der Waals surface area (Å²) in [7, 11) is 0. The van der Waals surface area contributed by atoms with Crippen LogP contribution >= 0.6 is 0 Å². The Labute approximate surface area is 75.9 Å². The highest BCUT2D eigenvalue weighted by atomic mass is 16.5. The molecule has 0 amide bonds. The molecule has 0 heterocycles. The highest BCUT2D eigenvalue weighted by Crippen LogP contribution is 1.99. The second-order valence-electron chi connectivity index (χ2n) is 3.20. The summed E-state index contributed by atoms with van der Waals surface area (Å²) >= 11 is 0. The second-order valence-corrected chi connectivity index (χ2v) is 3.20. The molecule has 0 aromatic rings. The van der Waals surface area contributed by atoms with Gasteiger partial charge < -0.3 is 9.84 Å². The minimum absolute atomic E-state index is 0.267. The lowest BCUT2D eigenvalue weighted by Crippen LogP contribution is -2.14. The van der Waals surface area contributed by atoms with Gasteiger partial charge in [-0.2, -0.15) is 0 Å². The zero-order valence-corrected chi connectivity index (χ0v) is 8.38. The van der Waals surface area contributed by atoms with Crippen molar-refractivity contribution in [1.29, 1.82) is 0 Å². The molecule has 1 N–H and O–H groups in total. The molecule has 0 radical (unpaired) electrons. The van der Waals surface area contributed by atoms with Crippen molar-refractivity contribution in [2.45, 2.75) is 52.1 Å². The molecule has 1 atom stereocenters. The van der Waals surface area contributed by atoms with Crippen molar-refractivity contribution in [2.24, 2.45) is 0 Å². The molecule has 0 spiro atoms. The smallest absolute Gasteiger partial charge is 0.0771 e. The van der Waals surface area contributed by atoms with Crippen LogP contribution in [-0.4, -0.2) is 24.4 Å². The predicted octanol–water partition coefficient (Wildman–Crippen LogP) is 2.35. The molecule has 0 saturated heterocycles. The molecular formula is C10H22O2. The number of hydrogen-bond acceptors (Lipinski definition) is 2. The van der Waals surface area contributed by atoms with E-state index in [9.17, 15) is 0 Å². The van der Waals surface area contributed by atoms with E-state index in [2.05, 4.69) is 6.92 Å². The van der Waals surface area contributed by atoms with Crippen LogP contribution in [0.25, 0.3) is 0 Å². The van der Waals surface area contributed by atoms with E-state index in [1.807, 2.05) is 6.92 Å². The van der Waals surface area contributed by atoms with Crippen LogP contribution < -0.4 is 0 Å². The molecule has 0 saturated carbocycles. The Morgan fingerprint density at radius 3 is 2.50 bits per heavy atom. The third-order valence-corrected chi connectivity index (χ3v) is 1.92. The summed E-state index contributed by atoms with van der Waals surface area (Å²) in [5.41, 5.74) is 0. The van der Waals surface area contributed by atoms with Crippen molar-refractivity contribution < 1.29 is 9.84 Å². The number of rotatable bonds is 8. The molecule has 0 aromatic heterocycles. The van der Waals surface area contributed by atoms with E-state index >= 15 is 0 Å². The van der Waals surface area contributed by atoms with Crippen LogP contribution in [0.15, 0.2) is 0 Å². The third-order valence-electron chi connectivity index (χ3n) is 1.92. The van der Waals surface area contributed by atoms with Crippen molar-refractivity contribution in [3.63, 3.8) is 0 Å². The molecule has 0 aromatic carbocycles. The van der Waals surface area contributed by atoms with Gasteiger partial charge in [-0.3, -0.25) is 0 Å². The number of hydrogen-bond donors (Lipinski definition) is 1. The molecule has 12 heavy (non-hydrogen) atoms. The highest BCUT2D eigenvalue weighted by molar-refractivity contribution is 4.48. The minimum Gasteiger partial charge on any atom is -0.391 e. The Bertz CT molecular complexity index is 83.9. The average molecular weight is 174 g/mol. The Morgan fingerprint density at radius 2 is 1.92 bits per heavy atom. The van der Waals surface area contributed by atoms with Gasteiger partial charge in [0.15, 0.2) is 0 Å². The second kappa shape index (κ2) is 9.01. The van der Waals surface area contributed by atoms with E-state index in [1.54, 1.807) is 0 Å². The number of ether oxygens (including phenoxy) is 1. The lowest BCUT2D eigenvalue weighted by Gasteiger charge is -2.07. The maximum absolute atomic E-state index is 9.14. The van der Waals surface area contributed by atoms with Crippen LogP contribution in [0.2, 0.25) is 0 Å². The van der Waals surface area contributed by atoms with E-state index in [0.29, 0.717) is 6.61 Å². The minimum atomic E-state index is -0.267. The molecule has 2 heteroatoms. The van der Waals surface area contributed by atoms with Crippen molar-refractivity contribution >= 4 is 0 Å². The lowest BCUT2D eigenvalue weighted by molar-refractivity contribution is 0.0335. The summed E-state index contributed by atoms with van der Waals surface area (Å²) in [5.74, 6) is 0. The Hall–Kier alpha value is -0.0800. The average Bonchev–Trinajstić information content (AvgIpc) is 2.10. The van der Waals surface area contributed by atoms with E-state index in [1.165, 1.54) is 19.3 Å². The molecule has 1 unspecified atom stereocenters.